The minimum Gasteiger partial charge on any atom is -0.506 e. The van der Waals surface area contributed by atoms with Crippen LogP contribution in [0, 0.1) is 5.92 Å². The summed E-state index contributed by atoms with van der Waals surface area (Å²) >= 11 is 0. The molecule has 0 radical (unpaired) electrons. The molecule has 1 aromatic heterocycles. The summed E-state index contributed by atoms with van der Waals surface area (Å²) in [6, 6.07) is 8.55. The third-order valence-electron chi connectivity index (χ3n) is 4.92. The van der Waals surface area contributed by atoms with Gasteiger partial charge in [0.05, 0.1) is 11.8 Å². The highest BCUT2D eigenvalue weighted by molar-refractivity contribution is 5.92. The number of amides is 1. The van der Waals surface area contributed by atoms with Gasteiger partial charge in [0, 0.05) is 13.1 Å². The van der Waals surface area contributed by atoms with Gasteiger partial charge in [0.15, 0.2) is 0 Å². The molecule has 0 unspecified atom stereocenters. The van der Waals surface area contributed by atoms with Crippen LogP contribution < -0.4 is 0 Å². The smallest absolute Gasteiger partial charge is 0.416 e. The van der Waals surface area contributed by atoms with E-state index in [2.05, 4.69) is 4.98 Å². The van der Waals surface area contributed by atoms with Gasteiger partial charge in [-0.25, -0.2) is 4.98 Å². The maximum absolute atomic E-state index is 13.1. The number of aromatic hydroxyl groups is 1. The van der Waals surface area contributed by atoms with E-state index in [1.54, 1.807) is 11.0 Å². The fourth-order valence-electron chi connectivity index (χ4n) is 3.53. The van der Waals surface area contributed by atoms with Crippen LogP contribution in [0.25, 0.3) is 0 Å². The van der Waals surface area contributed by atoms with E-state index in [-0.39, 0.29) is 23.3 Å². The van der Waals surface area contributed by atoms with Crippen LogP contribution in [0.2, 0.25) is 0 Å². The first kappa shape index (κ1) is 19.2. The Bertz CT molecular complexity index is 791. The van der Waals surface area contributed by atoms with E-state index >= 15 is 0 Å². The average Bonchev–Trinajstić information content (AvgIpc) is 2.66. The Labute approximate surface area is 155 Å². The summed E-state index contributed by atoms with van der Waals surface area (Å²) in [5.74, 6) is -0.0668. The fourth-order valence-corrected chi connectivity index (χ4v) is 3.53. The van der Waals surface area contributed by atoms with Crippen LogP contribution >= 0.6 is 0 Å². The summed E-state index contributed by atoms with van der Waals surface area (Å²) in [5, 5.41) is 9.28. The topological polar surface area (TPSA) is 53.4 Å². The Balaban J connectivity index is 1.62. The van der Waals surface area contributed by atoms with Crippen LogP contribution in [0.1, 0.15) is 40.9 Å². The third kappa shape index (κ3) is 4.78. The van der Waals surface area contributed by atoms with Crippen molar-refractivity contribution in [2.45, 2.75) is 31.9 Å². The van der Waals surface area contributed by atoms with Gasteiger partial charge in [0.25, 0.3) is 5.91 Å². The Morgan fingerprint density at radius 1 is 1.22 bits per heavy atom. The van der Waals surface area contributed by atoms with Crippen molar-refractivity contribution in [1.82, 2.24) is 9.88 Å². The molecule has 1 fully saturated rings. The quantitative estimate of drug-likeness (QED) is 0.864. The monoisotopic (exact) mass is 378 g/mol. The standard InChI is InChI=1S/C20H21F3N2O2/c21-20(22,23)17-6-2-1-5-15(17)8-7-14-4-3-11-25(13-14)19(27)18-10-9-16(26)12-24-18/h1-2,5-6,9-10,12,14,26H,3-4,7-8,11,13H2/t14-/m1/s1. The molecule has 0 saturated carbocycles. The van der Waals surface area contributed by atoms with Crippen LogP contribution in [-0.2, 0) is 12.6 Å². The number of piperidine rings is 1. The summed E-state index contributed by atoms with van der Waals surface area (Å²) in [5.41, 5.74) is -0.0217. The van der Waals surface area contributed by atoms with Crippen LogP contribution in [0.5, 0.6) is 5.75 Å². The first-order valence-corrected chi connectivity index (χ1v) is 8.94. The van der Waals surface area contributed by atoms with Gasteiger partial charge in [-0.15, -0.1) is 0 Å². The fraction of sp³-hybridized carbons (Fsp3) is 0.400. The molecular weight excluding hydrogens is 357 g/mol. The lowest BCUT2D eigenvalue weighted by atomic mass is 9.90. The van der Waals surface area contributed by atoms with Crippen molar-refractivity contribution in [3.05, 3.63) is 59.4 Å². The summed E-state index contributed by atoms with van der Waals surface area (Å²) < 4.78 is 39.4. The minimum absolute atomic E-state index is 0.00796. The Hall–Kier alpha value is -2.57. The van der Waals surface area contributed by atoms with E-state index in [1.165, 1.54) is 30.5 Å². The average molecular weight is 378 g/mol. The summed E-state index contributed by atoms with van der Waals surface area (Å²) in [4.78, 5) is 18.2. The number of carbonyl (C=O) groups excluding carboxylic acids is 1. The van der Waals surface area contributed by atoms with Gasteiger partial charge in [-0.3, -0.25) is 4.79 Å². The van der Waals surface area contributed by atoms with Crippen LogP contribution in [-0.4, -0.2) is 34.0 Å². The van der Waals surface area contributed by atoms with Crippen LogP contribution in [0.15, 0.2) is 42.6 Å². The number of likely N-dealkylation sites (tertiary alicyclic amines) is 1. The van der Waals surface area contributed by atoms with E-state index in [9.17, 15) is 23.1 Å². The number of hydrogen-bond donors (Lipinski definition) is 1. The van der Waals surface area contributed by atoms with Gasteiger partial charge in [-0.1, -0.05) is 18.2 Å². The number of carbonyl (C=O) groups is 1. The molecule has 0 aliphatic carbocycles. The van der Waals surface area contributed by atoms with Gasteiger partial charge >= 0.3 is 6.18 Å². The number of alkyl halides is 3. The number of aromatic nitrogens is 1. The van der Waals surface area contributed by atoms with Crippen LogP contribution in [0.3, 0.4) is 0 Å². The molecule has 27 heavy (non-hydrogen) atoms. The van der Waals surface area contributed by atoms with Crippen molar-refractivity contribution in [2.75, 3.05) is 13.1 Å². The number of hydrogen-bond acceptors (Lipinski definition) is 3. The van der Waals surface area contributed by atoms with E-state index in [4.69, 9.17) is 0 Å². The van der Waals surface area contributed by atoms with E-state index in [0.717, 1.165) is 18.9 Å². The molecule has 1 N–H and O–H groups in total. The van der Waals surface area contributed by atoms with Crippen molar-refractivity contribution < 1.29 is 23.1 Å². The number of aryl methyl sites for hydroxylation is 1. The summed E-state index contributed by atoms with van der Waals surface area (Å²) in [6.45, 7) is 1.12. The molecule has 1 aromatic carbocycles. The molecule has 1 saturated heterocycles. The molecule has 4 nitrogen and oxygen atoms in total. The first-order chi connectivity index (χ1) is 12.8. The number of nitrogens with zero attached hydrogens (tertiary/aromatic N) is 2. The number of rotatable bonds is 4. The maximum atomic E-state index is 13.1. The second-order valence-electron chi connectivity index (χ2n) is 6.85. The maximum Gasteiger partial charge on any atom is 0.416 e. The molecule has 0 bridgehead atoms. The Morgan fingerprint density at radius 2 is 2.00 bits per heavy atom. The van der Waals surface area contributed by atoms with Crippen molar-refractivity contribution in [1.29, 1.82) is 0 Å². The molecule has 7 heteroatoms. The summed E-state index contributed by atoms with van der Waals surface area (Å²) in [6.07, 6.45) is -0.492. The molecule has 1 atom stereocenters. The minimum atomic E-state index is -4.35. The largest absolute Gasteiger partial charge is 0.506 e. The second-order valence-corrected chi connectivity index (χ2v) is 6.85. The molecule has 2 aromatic rings. The van der Waals surface area contributed by atoms with Crippen molar-refractivity contribution in [3.63, 3.8) is 0 Å². The van der Waals surface area contributed by atoms with Crippen LogP contribution in [0.4, 0.5) is 13.2 Å². The zero-order valence-electron chi connectivity index (χ0n) is 14.7. The predicted molar refractivity (Wildman–Crippen MR) is 94.3 cm³/mol. The highest BCUT2D eigenvalue weighted by Crippen LogP contribution is 2.33. The van der Waals surface area contributed by atoms with Crippen molar-refractivity contribution in [2.24, 2.45) is 5.92 Å². The van der Waals surface area contributed by atoms with Gasteiger partial charge in [-0.2, -0.15) is 13.2 Å². The van der Waals surface area contributed by atoms with Crippen molar-refractivity contribution in [3.8, 4) is 5.75 Å². The second kappa shape index (κ2) is 7.98. The molecule has 1 aliphatic rings. The molecule has 1 amide bonds. The number of halogens is 3. The van der Waals surface area contributed by atoms with E-state index in [0.29, 0.717) is 31.5 Å². The predicted octanol–water partition coefficient (Wildman–Crippen LogP) is 4.29. The lowest BCUT2D eigenvalue weighted by Gasteiger charge is -2.32. The number of pyridine rings is 1. The first-order valence-electron chi connectivity index (χ1n) is 8.94. The van der Waals surface area contributed by atoms with Gasteiger partial charge < -0.3 is 10.0 Å². The zero-order chi connectivity index (χ0) is 19.4. The normalized spacial score (nSPS) is 17.7. The molecule has 1 aliphatic heterocycles. The highest BCUT2D eigenvalue weighted by atomic mass is 19.4. The van der Waals surface area contributed by atoms with Crippen molar-refractivity contribution >= 4 is 5.91 Å². The van der Waals surface area contributed by atoms with Gasteiger partial charge in [0.2, 0.25) is 0 Å². The van der Waals surface area contributed by atoms with E-state index < -0.39 is 11.7 Å². The Morgan fingerprint density at radius 3 is 2.70 bits per heavy atom. The molecule has 2 heterocycles. The number of benzene rings is 1. The van der Waals surface area contributed by atoms with Gasteiger partial charge in [0.1, 0.15) is 11.4 Å². The lowest BCUT2D eigenvalue weighted by Crippen LogP contribution is -2.40. The Kier molecular flexibility index (Phi) is 5.68. The molecular formula is C20H21F3N2O2. The highest BCUT2D eigenvalue weighted by Gasteiger charge is 2.33. The molecule has 0 spiro atoms. The zero-order valence-corrected chi connectivity index (χ0v) is 14.7. The van der Waals surface area contributed by atoms with Gasteiger partial charge in [-0.05, 0) is 55.4 Å². The molecule has 144 valence electrons. The molecule has 3 rings (SSSR count). The SMILES string of the molecule is O=C(c1ccc(O)cn1)N1CCC[C@H](CCc2ccccc2C(F)(F)F)C1. The lowest BCUT2D eigenvalue weighted by molar-refractivity contribution is -0.138. The summed E-state index contributed by atoms with van der Waals surface area (Å²) in [7, 11) is 0. The van der Waals surface area contributed by atoms with E-state index in [1.807, 2.05) is 0 Å². The third-order valence-corrected chi connectivity index (χ3v) is 4.92.